The summed E-state index contributed by atoms with van der Waals surface area (Å²) in [5, 5.41) is 3.21. The summed E-state index contributed by atoms with van der Waals surface area (Å²) in [7, 11) is 0. The number of carbonyl (C=O) groups excluding carboxylic acids is 3. The number of benzene rings is 2. The van der Waals surface area contributed by atoms with Crippen molar-refractivity contribution in [1.82, 2.24) is 4.90 Å². The van der Waals surface area contributed by atoms with Crippen molar-refractivity contribution in [3.63, 3.8) is 0 Å². The van der Waals surface area contributed by atoms with Crippen LogP contribution in [0.3, 0.4) is 0 Å². The van der Waals surface area contributed by atoms with E-state index in [-0.39, 0.29) is 18.0 Å². The average molecular weight is 388 g/mol. The fraction of sp³-hybridized carbons (Fsp3) is 0.292. The zero-order valence-corrected chi connectivity index (χ0v) is 16.6. The topological polar surface area (TPSA) is 66.5 Å². The molecule has 1 fully saturated rings. The number of amides is 1. The SMILES string of the molecule is C[C@@H]1CCC[C@H](C)N1C(=O)c1ccc(NC2=CC(=O)C(=O)c3ccccc32)cc1. The number of anilines is 1. The molecular formula is C24H24N2O3. The van der Waals surface area contributed by atoms with Gasteiger partial charge in [0.2, 0.25) is 11.6 Å². The second-order valence-electron chi connectivity index (χ2n) is 7.84. The fourth-order valence-electron chi connectivity index (χ4n) is 4.25. The predicted molar refractivity (Wildman–Crippen MR) is 113 cm³/mol. The highest BCUT2D eigenvalue weighted by molar-refractivity contribution is 6.50. The van der Waals surface area contributed by atoms with E-state index in [2.05, 4.69) is 19.2 Å². The van der Waals surface area contributed by atoms with E-state index in [1.165, 1.54) is 6.08 Å². The van der Waals surface area contributed by atoms with Crippen LogP contribution in [-0.2, 0) is 4.79 Å². The zero-order chi connectivity index (χ0) is 20.5. The Morgan fingerprint density at radius 3 is 2.21 bits per heavy atom. The van der Waals surface area contributed by atoms with E-state index in [9.17, 15) is 14.4 Å². The molecule has 5 nitrogen and oxygen atoms in total. The van der Waals surface area contributed by atoms with E-state index < -0.39 is 11.6 Å². The van der Waals surface area contributed by atoms with Gasteiger partial charge < -0.3 is 10.2 Å². The number of piperidine rings is 1. The van der Waals surface area contributed by atoms with Crippen LogP contribution in [-0.4, -0.2) is 34.5 Å². The summed E-state index contributed by atoms with van der Waals surface area (Å²) < 4.78 is 0. The summed E-state index contributed by atoms with van der Waals surface area (Å²) in [6.07, 6.45) is 4.57. The van der Waals surface area contributed by atoms with E-state index in [0.29, 0.717) is 22.4 Å². The molecule has 148 valence electrons. The van der Waals surface area contributed by atoms with Crippen molar-refractivity contribution in [3.8, 4) is 0 Å². The molecule has 4 rings (SSSR count). The van der Waals surface area contributed by atoms with Crippen LogP contribution in [0.2, 0.25) is 0 Å². The Morgan fingerprint density at radius 1 is 0.931 bits per heavy atom. The van der Waals surface area contributed by atoms with Crippen LogP contribution < -0.4 is 5.32 Å². The Hall–Kier alpha value is -3.21. The van der Waals surface area contributed by atoms with Crippen molar-refractivity contribution in [2.24, 2.45) is 0 Å². The number of fused-ring (bicyclic) bond motifs is 1. The summed E-state index contributed by atoms with van der Waals surface area (Å²) in [6.45, 7) is 4.21. The van der Waals surface area contributed by atoms with Crippen LogP contribution >= 0.6 is 0 Å². The van der Waals surface area contributed by atoms with Gasteiger partial charge in [0.05, 0.1) is 5.70 Å². The van der Waals surface area contributed by atoms with Gasteiger partial charge in [-0.15, -0.1) is 0 Å². The van der Waals surface area contributed by atoms with Crippen LogP contribution in [0.1, 0.15) is 59.4 Å². The highest BCUT2D eigenvalue weighted by Crippen LogP contribution is 2.28. The van der Waals surface area contributed by atoms with E-state index in [1.54, 1.807) is 24.3 Å². The predicted octanol–water partition coefficient (Wildman–Crippen LogP) is 4.31. The third-order valence-corrected chi connectivity index (χ3v) is 5.80. The van der Waals surface area contributed by atoms with Gasteiger partial charge in [-0.2, -0.15) is 0 Å². The van der Waals surface area contributed by atoms with Gasteiger partial charge in [0.25, 0.3) is 5.91 Å². The number of ketones is 2. The molecule has 1 amide bonds. The fourth-order valence-corrected chi connectivity index (χ4v) is 4.25. The Balaban J connectivity index is 1.55. The second-order valence-corrected chi connectivity index (χ2v) is 7.84. The van der Waals surface area contributed by atoms with Gasteiger partial charge in [-0.3, -0.25) is 14.4 Å². The van der Waals surface area contributed by atoms with Gasteiger partial charge in [0.1, 0.15) is 0 Å². The highest BCUT2D eigenvalue weighted by Gasteiger charge is 2.29. The van der Waals surface area contributed by atoms with E-state index >= 15 is 0 Å². The standard InChI is InChI=1S/C24H24N2O3/c1-15-6-5-7-16(2)26(15)24(29)17-10-12-18(13-11-17)25-21-14-22(27)23(28)20-9-4-3-8-19(20)21/h3-4,8-16,25H,5-7H2,1-2H3/t15-,16+. The molecule has 0 saturated carbocycles. The molecule has 0 bridgehead atoms. The molecule has 2 aromatic rings. The number of hydrogen-bond acceptors (Lipinski definition) is 4. The molecule has 0 radical (unpaired) electrons. The average Bonchev–Trinajstić information content (AvgIpc) is 2.72. The lowest BCUT2D eigenvalue weighted by Crippen LogP contribution is -2.47. The molecule has 1 aliphatic heterocycles. The van der Waals surface area contributed by atoms with Crippen LogP contribution in [0.5, 0.6) is 0 Å². The van der Waals surface area contributed by atoms with Crippen molar-refractivity contribution in [2.45, 2.75) is 45.2 Å². The number of rotatable bonds is 3. The van der Waals surface area contributed by atoms with E-state index in [1.807, 2.05) is 29.2 Å². The van der Waals surface area contributed by atoms with Gasteiger partial charge in [-0.25, -0.2) is 0 Å². The van der Waals surface area contributed by atoms with Crippen LogP contribution in [0, 0.1) is 0 Å². The smallest absolute Gasteiger partial charge is 0.254 e. The second kappa shape index (κ2) is 7.66. The first-order valence-electron chi connectivity index (χ1n) is 10.0. The zero-order valence-electron chi connectivity index (χ0n) is 16.6. The molecular weight excluding hydrogens is 364 g/mol. The summed E-state index contributed by atoms with van der Waals surface area (Å²) in [5.41, 5.74) is 3.10. The highest BCUT2D eigenvalue weighted by atomic mass is 16.2. The molecule has 5 heteroatoms. The molecule has 1 heterocycles. The Bertz CT molecular complexity index is 997. The molecule has 0 unspecified atom stereocenters. The summed E-state index contributed by atoms with van der Waals surface area (Å²) in [4.78, 5) is 39.1. The first kappa shape index (κ1) is 19.1. The van der Waals surface area contributed by atoms with Gasteiger partial charge >= 0.3 is 0 Å². The van der Waals surface area contributed by atoms with Crippen molar-refractivity contribution in [3.05, 3.63) is 71.3 Å². The first-order chi connectivity index (χ1) is 14.0. The normalized spacial score (nSPS) is 21.4. The maximum absolute atomic E-state index is 13.0. The molecule has 2 atom stereocenters. The van der Waals surface area contributed by atoms with Gasteiger partial charge in [0, 0.05) is 40.5 Å². The number of likely N-dealkylation sites (tertiary alicyclic amines) is 1. The first-order valence-corrected chi connectivity index (χ1v) is 10.0. The summed E-state index contributed by atoms with van der Waals surface area (Å²) in [5.74, 6) is -0.970. The quantitative estimate of drug-likeness (QED) is 0.796. The lowest BCUT2D eigenvalue weighted by Gasteiger charge is -2.39. The third kappa shape index (κ3) is 3.60. The minimum atomic E-state index is -0.536. The molecule has 2 aromatic carbocycles. The molecule has 1 aliphatic carbocycles. The Morgan fingerprint density at radius 2 is 1.55 bits per heavy atom. The van der Waals surface area contributed by atoms with Crippen molar-refractivity contribution in [2.75, 3.05) is 5.32 Å². The van der Waals surface area contributed by atoms with Gasteiger partial charge in [-0.05, 0) is 57.4 Å². The molecule has 29 heavy (non-hydrogen) atoms. The third-order valence-electron chi connectivity index (χ3n) is 5.80. The maximum atomic E-state index is 13.0. The van der Waals surface area contributed by atoms with Crippen molar-refractivity contribution < 1.29 is 14.4 Å². The van der Waals surface area contributed by atoms with E-state index in [4.69, 9.17) is 0 Å². The monoisotopic (exact) mass is 388 g/mol. The molecule has 0 aromatic heterocycles. The van der Waals surface area contributed by atoms with Crippen molar-refractivity contribution in [1.29, 1.82) is 0 Å². The minimum Gasteiger partial charge on any atom is -0.355 e. The number of allylic oxidation sites excluding steroid dienone is 1. The lowest BCUT2D eigenvalue weighted by molar-refractivity contribution is -0.111. The minimum absolute atomic E-state index is 0.0549. The Labute approximate surface area is 170 Å². The summed E-state index contributed by atoms with van der Waals surface area (Å²) >= 11 is 0. The van der Waals surface area contributed by atoms with Crippen LogP contribution in [0.4, 0.5) is 5.69 Å². The number of nitrogens with zero attached hydrogens (tertiary/aromatic N) is 1. The number of hydrogen-bond donors (Lipinski definition) is 1. The maximum Gasteiger partial charge on any atom is 0.254 e. The van der Waals surface area contributed by atoms with Gasteiger partial charge in [-0.1, -0.05) is 24.3 Å². The lowest BCUT2D eigenvalue weighted by atomic mass is 9.92. The molecule has 1 saturated heterocycles. The number of nitrogens with one attached hydrogen (secondary N) is 1. The largest absolute Gasteiger partial charge is 0.355 e. The van der Waals surface area contributed by atoms with Crippen molar-refractivity contribution >= 4 is 28.9 Å². The molecule has 2 aliphatic rings. The molecule has 1 N–H and O–H groups in total. The number of Topliss-reactive ketones (excluding diaryl/α,β-unsaturated/α-hetero) is 1. The van der Waals surface area contributed by atoms with Crippen LogP contribution in [0.15, 0.2) is 54.6 Å². The van der Waals surface area contributed by atoms with Gasteiger partial charge in [0.15, 0.2) is 0 Å². The Kier molecular flexibility index (Phi) is 5.05. The molecule has 0 spiro atoms. The number of carbonyl (C=O) groups is 3. The van der Waals surface area contributed by atoms with E-state index in [0.717, 1.165) is 24.9 Å². The van der Waals surface area contributed by atoms with Crippen LogP contribution in [0.25, 0.3) is 5.70 Å². The summed E-state index contributed by atoms with van der Waals surface area (Å²) in [6, 6.07) is 14.8.